The number of hydrogen-bond donors (Lipinski definition) is 0. The van der Waals surface area contributed by atoms with E-state index in [9.17, 15) is 0 Å². The van der Waals surface area contributed by atoms with E-state index in [1.54, 1.807) is 0 Å². The van der Waals surface area contributed by atoms with Crippen molar-refractivity contribution in [3.05, 3.63) is 115 Å². The summed E-state index contributed by atoms with van der Waals surface area (Å²) in [5.74, 6) is 0.692. The van der Waals surface area contributed by atoms with Gasteiger partial charge < -0.3 is 0 Å². The summed E-state index contributed by atoms with van der Waals surface area (Å²) < 4.78 is 7.41. The third kappa shape index (κ3) is 2.97. The van der Waals surface area contributed by atoms with Gasteiger partial charge in [0.1, 0.15) is 0 Å². The van der Waals surface area contributed by atoms with Gasteiger partial charge in [-0.1, -0.05) is 78.9 Å². The van der Waals surface area contributed by atoms with E-state index in [1.165, 1.54) is 51.1 Å². The van der Waals surface area contributed by atoms with Gasteiger partial charge in [0.25, 0.3) is 0 Å². The van der Waals surface area contributed by atoms with E-state index in [0.29, 0.717) is 5.95 Å². The molecular weight excluding hydrogens is 515 g/mol. The van der Waals surface area contributed by atoms with Gasteiger partial charge in [-0.15, -0.1) is 22.7 Å². The molecule has 3 nitrogen and oxygen atoms in total. The van der Waals surface area contributed by atoms with Crippen LogP contribution < -0.4 is 0 Å². The highest BCUT2D eigenvalue weighted by atomic mass is 32.1. The molecule has 0 amide bonds. The van der Waals surface area contributed by atoms with Gasteiger partial charge in [-0.25, -0.2) is 9.97 Å². The zero-order chi connectivity index (χ0) is 25.5. The Morgan fingerprint density at radius 2 is 1.18 bits per heavy atom. The van der Waals surface area contributed by atoms with Crippen LogP contribution in [0.4, 0.5) is 0 Å². The first kappa shape index (κ1) is 21.4. The van der Waals surface area contributed by atoms with Crippen LogP contribution in [0, 0.1) is 0 Å². The van der Waals surface area contributed by atoms with Crippen molar-refractivity contribution < 1.29 is 0 Å². The molecule has 182 valence electrons. The Morgan fingerprint density at radius 3 is 2.00 bits per heavy atom. The van der Waals surface area contributed by atoms with E-state index in [1.807, 2.05) is 34.9 Å². The lowest BCUT2D eigenvalue weighted by molar-refractivity contribution is 0.993. The molecule has 0 saturated carbocycles. The van der Waals surface area contributed by atoms with Crippen LogP contribution in [0.5, 0.6) is 0 Å². The average molecular weight is 534 g/mol. The topological polar surface area (TPSA) is 30.7 Å². The molecule has 0 radical (unpaired) electrons. The maximum absolute atomic E-state index is 5.19. The molecule has 0 fully saturated rings. The summed E-state index contributed by atoms with van der Waals surface area (Å²) >= 11 is 3.69. The molecule has 9 rings (SSSR count). The van der Waals surface area contributed by atoms with Crippen molar-refractivity contribution in [3.8, 4) is 17.2 Å². The smallest absolute Gasteiger partial charge is 0.235 e. The summed E-state index contributed by atoms with van der Waals surface area (Å²) in [5, 5.41) is 7.68. The highest BCUT2D eigenvalue weighted by Crippen LogP contribution is 2.43. The van der Waals surface area contributed by atoms with Gasteiger partial charge in [-0.3, -0.25) is 4.57 Å². The van der Waals surface area contributed by atoms with E-state index in [0.717, 1.165) is 22.3 Å². The molecule has 0 aliphatic carbocycles. The molecule has 39 heavy (non-hydrogen) atoms. The van der Waals surface area contributed by atoms with Crippen molar-refractivity contribution in [2.45, 2.75) is 0 Å². The Balaban J connectivity index is 1.33. The Bertz CT molecular complexity index is 2410. The molecule has 0 atom stereocenters. The first-order valence-electron chi connectivity index (χ1n) is 12.9. The van der Waals surface area contributed by atoms with Gasteiger partial charge in [0.2, 0.25) is 5.95 Å². The number of rotatable bonds is 2. The first-order chi connectivity index (χ1) is 19.3. The van der Waals surface area contributed by atoms with Gasteiger partial charge in [-0.05, 0) is 30.3 Å². The van der Waals surface area contributed by atoms with Gasteiger partial charge in [0.15, 0.2) is 0 Å². The minimum atomic E-state index is 0.692. The largest absolute Gasteiger partial charge is 0.278 e. The van der Waals surface area contributed by atoms with Crippen LogP contribution in [0.2, 0.25) is 0 Å². The summed E-state index contributed by atoms with van der Waals surface area (Å²) in [7, 11) is 0. The Labute approximate surface area is 231 Å². The van der Waals surface area contributed by atoms with Crippen LogP contribution in [0.15, 0.2) is 115 Å². The monoisotopic (exact) mass is 533 g/mol. The van der Waals surface area contributed by atoms with E-state index in [-0.39, 0.29) is 0 Å². The molecule has 0 aliphatic rings. The molecule has 0 aliphatic heterocycles. The second kappa shape index (κ2) is 7.96. The molecule has 0 N–H and O–H groups in total. The van der Waals surface area contributed by atoms with Crippen molar-refractivity contribution in [1.29, 1.82) is 0 Å². The Kier molecular flexibility index (Phi) is 4.36. The molecule has 0 unspecified atom stereocenters. The molecule has 0 bridgehead atoms. The number of nitrogens with zero attached hydrogens (tertiary/aromatic N) is 3. The second-order valence-corrected chi connectivity index (χ2v) is 11.9. The Morgan fingerprint density at radius 1 is 0.513 bits per heavy atom. The van der Waals surface area contributed by atoms with Gasteiger partial charge in [0.05, 0.1) is 16.7 Å². The van der Waals surface area contributed by atoms with Crippen LogP contribution in [0.1, 0.15) is 0 Å². The zero-order valence-electron chi connectivity index (χ0n) is 20.6. The maximum Gasteiger partial charge on any atom is 0.235 e. The standard InChI is InChI=1S/C34H19N3S2/c1-4-13-27-25(10-1)31-28(17-16-23-21-9-3-6-15-30(21)39-33(23)31)37(27)34-35-19-18-26(36-34)24-12-7-11-22-20-8-2-5-14-29(20)38-32(22)24/h1-19H. The molecule has 0 spiro atoms. The van der Waals surface area contributed by atoms with Gasteiger partial charge >= 0.3 is 0 Å². The quantitative estimate of drug-likeness (QED) is 0.221. The highest BCUT2D eigenvalue weighted by Gasteiger charge is 2.19. The van der Waals surface area contributed by atoms with Crippen molar-refractivity contribution in [2.24, 2.45) is 0 Å². The summed E-state index contributed by atoms with van der Waals surface area (Å²) in [4.78, 5) is 10.0. The number of fused-ring (bicyclic) bond motifs is 10. The third-order valence-corrected chi connectivity index (χ3v) is 10.1. The highest BCUT2D eigenvalue weighted by molar-refractivity contribution is 7.27. The number of thiophene rings is 2. The van der Waals surface area contributed by atoms with Crippen LogP contribution in [-0.2, 0) is 0 Å². The van der Waals surface area contributed by atoms with Gasteiger partial charge in [0, 0.05) is 62.9 Å². The summed E-state index contributed by atoms with van der Waals surface area (Å²) in [5.41, 5.74) is 4.33. The van der Waals surface area contributed by atoms with Crippen molar-refractivity contribution in [3.63, 3.8) is 0 Å². The summed E-state index contributed by atoms with van der Waals surface area (Å²) in [6.45, 7) is 0. The van der Waals surface area contributed by atoms with Crippen molar-refractivity contribution >= 4 is 84.8 Å². The molecular formula is C34H19N3S2. The van der Waals surface area contributed by atoms with Crippen LogP contribution in [0.25, 0.3) is 79.4 Å². The number of benzene rings is 5. The average Bonchev–Trinajstić information content (AvgIpc) is 3.66. The molecule has 4 heterocycles. The number of para-hydroxylation sites is 1. The van der Waals surface area contributed by atoms with E-state index in [2.05, 4.69) is 108 Å². The molecule has 5 heteroatoms. The lowest BCUT2D eigenvalue weighted by Crippen LogP contribution is -2.01. The first-order valence-corrected chi connectivity index (χ1v) is 14.6. The SMILES string of the molecule is c1ccc2c(c1)sc1c(-c3ccnc(-n4c5ccccc5c5c6sc7ccccc7c6ccc54)n3)cccc12. The van der Waals surface area contributed by atoms with Gasteiger partial charge in [-0.2, -0.15) is 0 Å². The summed E-state index contributed by atoms with van der Waals surface area (Å²) in [6, 6.07) is 39.0. The minimum Gasteiger partial charge on any atom is -0.278 e. The van der Waals surface area contributed by atoms with E-state index < -0.39 is 0 Å². The number of aromatic nitrogens is 3. The molecule has 5 aromatic carbocycles. The molecule has 4 aromatic heterocycles. The lowest BCUT2D eigenvalue weighted by atomic mass is 10.1. The maximum atomic E-state index is 5.19. The Hall–Kier alpha value is -4.58. The second-order valence-electron chi connectivity index (χ2n) is 9.81. The molecule has 0 saturated heterocycles. The van der Waals surface area contributed by atoms with Crippen molar-refractivity contribution in [1.82, 2.24) is 14.5 Å². The fourth-order valence-electron chi connectivity index (χ4n) is 6.01. The van der Waals surface area contributed by atoms with E-state index in [4.69, 9.17) is 9.97 Å². The van der Waals surface area contributed by atoms with Crippen LogP contribution >= 0.6 is 22.7 Å². The molecule has 9 aromatic rings. The third-order valence-electron chi connectivity index (χ3n) is 7.70. The van der Waals surface area contributed by atoms with Crippen molar-refractivity contribution in [2.75, 3.05) is 0 Å². The lowest BCUT2D eigenvalue weighted by Gasteiger charge is -2.09. The van der Waals surface area contributed by atoms with Crippen LogP contribution in [0.3, 0.4) is 0 Å². The normalized spacial score (nSPS) is 12.1. The van der Waals surface area contributed by atoms with E-state index >= 15 is 0 Å². The summed E-state index contributed by atoms with van der Waals surface area (Å²) in [6.07, 6.45) is 1.89. The predicted octanol–water partition coefficient (Wildman–Crippen LogP) is 9.98. The number of hydrogen-bond acceptors (Lipinski definition) is 4. The minimum absolute atomic E-state index is 0.692. The fourth-order valence-corrected chi connectivity index (χ4v) is 8.49. The van der Waals surface area contributed by atoms with Crippen LogP contribution in [-0.4, -0.2) is 14.5 Å². The zero-order valence-corrected chi connectivity index (χ0v) is 22.3. The predicted molar refractivity (Wildman–Crippen MR) is 168 cm³/mol. The fraction of sp³-hybridized carbons (Fsp3) is 0.